The minimum absolute atomic E-state index is 0.273. The molecule has 0 amide bonds. The van der Waals surface area contributed by atoms with Gasteiger partial charge in [-0.3, -0.25) is 10.1 Å². The van der Waals surface area contributed by atoms with Gasteiger partial charge in [0.25, 0.3) is 15.7 Å². The van der Waals surface area contributed by atoms with Crippen molar-refractivity contribution < 1.29 is 18.4 Å². The number of hydrogen-bond donors (Lipinski definition) is 1. The van der Waals surface area contributed by atoms with Gasteiger partial charge in [0.1, 0.15) is 0 Å². The number of nitrogens with zero attached hydrogens (tertiary/aromatic N) is 2. The number of aliphatic hydroxyl groups excluding tert-OH is 1. The number of hydrogen-bond acceptors (Lipinski definition) is 5. The van der Waals surface area contributed by atoms with Gasteiger partial charge in [-0.15, -0.1) is 0 Å². The van der Waals surface area contributed by atoms with Crippen molar-refractivity contribution in [3.8, 4) is 0 Å². The monoisotopic (exact) mass is 300 g/mol. The van der Waals surface area contributed by atoms with Crippen LogP contribution < -0.4 is 0 Å². The van der Waals surface area contributed by atoms with Crippen LogP contribution in [-0.2, 0) is 10.0 Å². The second-order valence-electron chi connectivity index (χ2n) is 4.77. The number of aryl methyl sites for hydroxylation is 1. The Hall–Kier alpha value is -1.51. The molecule has 20 heavy (non-hydrogen) atoms. The molecular formula is C12H16N2O5S. The fourth-order valence-corrected chi connectivity index (χ4v) is 4.59. The first-order chi connectivity index (χ1) is 9.39. The molecule has 1 fully saturated rings. The van der Waals surface area contributed by atoms with Gasteiger partial charge in [-0.2, -0.15) is 4.31 Å². The number of nitro benzene ring substituents is 1. The van der Waals surface area contributed by atoms with E-state index < -0.39 is 26.7 Å². The molecule has 7 nitrogen and oxygen atoms in total. The van der Waals surface area contributed by atoms with E-state index in [-0.39, 0.29) is 18.0 Å². The zero-order chi connectivity index (χ0) is 14.9. The van der Waals surface area contributed by atoms with Gasteiger partial charge < -0.3 is 5.11 Å². The maximum absolute atomic E-state index is 12.7. The summed E-state index contributed by atoms with van der Waals surface area (Å²) in [5.41, 5.74) is -0.0867. The molecule has 1 aliphatic heterocycles. The predicted molar refractivity (Wildman–Crippen MR) is 71.8 cm³/mol. The fraction of sp³-hybridized carbons (Fsp3) is 0.500. The molecule has 2 rings (SSSR count). The molecule has 8 heteroatoms. The van der Waals surface area contributed by atoms with Gasteiger partial charge in [-0.25, -0.2) is 8.42 Å². The molecule has 1 N–H and O–H groups in total. The molecule has 1 heterocycles. The van der Waals surface area contributed by atoms with E-state index in [0.29, 0.717) is 18.4 Å². The third-order valence-corrected chi connectivity index (χ3v) is 5.63. The first-order valence-corrected chi connectivity index (χ1v) is 7.70. The fourth-order valence-electron chi connectivity index (χ4n) is 2.54. The lowest BCUT2D eigenvalue weighted by molar-refractivity contribution is -0.387. The van der Waals surface area contributed by atoms with Gasteiger partial charge in [0.2, 0.25) is 0 Å². The van der Waals surface area contributed by atoms with Crippen LogP contribution in [0.5, 0.6) is 0 Å². The van der Waals surface area contributed by atoms with E-state index in [9.17, 15) is 23.6 Å². The van der Waals surface area contributed by atoms with Gasteiger partial charge in [-0.05, 0) is 25.3 Å². The van der Waals surface area contributed by atoms with Crippen LogP contribution in [0.25, 0.3) is 0 Å². The lowest BCUT2D eigenvalue weighted by Gasteiger charge is -2.23. The predicted octanol–water partition coefficient (Wildman–Crippen LogP) is 1.05. The van der Waals surface area contributed by atoms with Crippen molar-refractivity contribution in [1.29, 1.82) is 0 Å². The van der Waals surface area contributed by atoms with E-state index in [2.05, 4.69) is 0 Å². The molecule has 1 atom stereocenters. The molecule has 0 bridgehead atoms. The highest BCUT2D eigenvalue weighted by molar-refractivity contribution is 7.89. The van der Waals surface area contributed by atoms with Crippen molar-refractivity contribution in [3.05, 3.63) is 33.9 Å². The number of rotatable bonds is 4. The molecule has 0 radical (unpaired) electrons. The largest absolute Gasteiger partial charge is 0.395 e. The van der Waals surface area contributed by atoms with Crippen LogP contribution in [0.3, 0.4) is 0 Å². The molecule has 1 aromatic carbocycles. The Bertz CT molecular complexity index is 629. The Labute approximate surface area is 117 Å². The highest BCUT2D eigenvalue weighted by Gasteiger charge is 2.39. The van der Waals surface area contributed by atoms with Crippen LogP contribution in [0.15, 0.2) is 23.1 Å². The van der Waals surface area contributed by atoms with Crippen molar-refractivity contribution in [2.75, 3.05) is 13.2 Å². The second-order valence-corrected chi connectivity index (χ2v) is 6.60. The molecule has 0 spiro atoms. The van der Waals surface area contributed by atoms with Crippen LogP contribution in [0.4, 0.5) is 5.69 Å². The van der Waals surface area contributed by atoms with Gasteiger partial charge in [0.05, 0.1) is 11.5 Å². The van der Waals surface area contributed by atoms with Crippen LogP contribution in [-0.4, -0.2) is 41.9 Å². The van der Waals surface area contributed by atoms with Gasteiger partial charge in [0.15, 0.2) is 4.90 Å². The van der Waals surface area contributed by atoms with Crippen molar-refractivity contribution in [3.63, 3.8) is 0 Å². The smallest absolute Gasteiger partial charge is 0.289 e. The summed E-state index contributed by atoms with van der Waals surface area (Å²) in [7, 11) is -3.97. The zero-order valence-electron chi connectivity index (χ0n) is 11.0. The van der Waals surface area contributed by atoms with E-state index in [0.717, 1.165) is 0 Å². The summed E-state index contributed by atoms with van der Waals surface area (Å²) in [5.74, 6) is 0. The van der Waals surface area contributed by atoms with Gasteiger partial charge >= 0.3 is 0 Å². The minimum Gasteiger partial charge on any atom is -0.395 e. The summed E-state index contributed by atoms with van der Waals surface area (Å²) in [6.07, 6.45) is 1.21. The van der Waals surface area contributed by atoms with Crippen molar-refractivity contribution >= 4 is 15.7 Å². The molecule has 110 valence electrons. The number of benzene rings is 1. The molecule has 0 saturated carbocycles. The van der Waals surface area contributed by atoms with Crippen molar-refractivity contribution in [2.45, 2.75) is 30.7 Å². The Kier molecular flexibility index (Phi) is 4.07. The lowest BCUT2D eigenvalue weighted by Crippen LogP contribution is -2.38. The minimum atomic E-state index is -3.97. The Morgan fingerprint density at radius 2 is 2.20 bits per heavy atom. The second kappa shape index (κ2) is 5.47. The third kappa shape index (κ3) is 2.41. The Balaban J connectivity index is 2.58. The Morgan fingerprint density at radius 1 is 1.50 bits per heavy atom. The lowest BCUT2D eigenvalue weighted by atomic mass is 10.2. The van der Waals surface area contributed by atoms with E-state index in [1.165, 1.54) is 29.4 Å². The van der Waals surface area contributed by atoms with Gasteiger partial charge in [0, 0.05) is 18.7 Å². The first kappa shape index (κ1) is 14.9. The van der Waals surface area contributed by atoms with Gasteiger partial charge in [-0.1, -0.05) is 12.1 Å². The zero-order valence-corrected chi connectivity index (χ0v) is 11.8. The van der Waals surface area contributed by atoms with E-state index >= 15 is 0 Å². The topological polar surface area (TPSA) is 101 Å². The molecular weight excluding hydrogens is 284 g/mol. The summed E-state index contributed by atoms with van der Waals surface area (Å²) in [4.78, 5) is 10.1. The molecule has 0 unspecified atom stereocenters. The SMILES string of the molecule is Cc1cccc([N+](=O)[O-])c1S(=O)(=O)N1CCC[C@@H]1CO. The third-order valence-electron chi connectivity index (χ3n) is 3.49. The van der Waals surface area contributed by atoms with E-state index in [1.54, 1.807) is 0 Å². The molecule has 0 aromatic heterocycles. The van der Waals surface area contributed by atoms with E-state index in [4.69, 9.17) is 0 Å². The molecule has 0 aliphatic carbocycles. The quantitative estimate of drug-likeness (QED) is 0.661. The maximum Gasteiger partial charge on any atom is 0.289 e. The number of aliphatic hydroxyl groups is 1. The number of nitro groups is 1. The first-order valence-electron chi connectivity index (χ1n) is 6.26. The van der Waals surface area contributed by atoms with Crippen molar-refractivity contribution in [1.82, 2.24) is 4.31 Å². The molecule has 1 aromatic rings. The summed E-state index contributed by atoms with van der Waals surface area (Å²) < 4.78 is 26.5. The van der Waals surface area contributed by atoms with Crippen LogP contribution in [0, 0.1) is 17.0 Å². The summed E-state index contributed by atoms with van der Waals surface area (Å²) in [5, 5.41) is 20.3. The van der Waals surface area contributed by atoms with Crippen LogP contribution >= 0.6 is 0 Å². The summed E-state index contributed by atoms with van der Waals surface area (Å²) in [6, 6.07) is 3.67. The molecule has 1 saturated heterocycles. The van der Waals surface area contributed by atoms with Crippen LogP contribution in [0.1, 0.15) is 18.4 Å². The average molecular weight is 300 g/mol. The maximum atomic E-state index is 12.7. The van der Waals surface area contributed by atoms with Crippen LogP contribution in [0.2, 0.25) is 0 Å². The standard InChI is InChI=1S/C12H16N2O5S/c1-9-4-2-6-11(14(16)17)12(9)20(18,19)13-7-3-5-10(13)8-15/h2,4,6,10,15H,3,5,7-8H2,1H3/t10-/m1/s1. The molecule has 1 aliphatic rings. The number of sulfonamides is 1. The highest BCUT2D eigenvalue weighted by Crippen LogP contribution is 2.33. The van der Waals surface area contributed by atoms with Crippen molar-refractivity contribution in [2.24, 2.45) is 0 Å². The normalized spacial score (nSPS) is 20.2. The summed E-state index contributed by atoms with van der Waals surface area (Å²) >= 11 is 0. The summed E-state index contributed by atoms with van der Waals surface area (Å²) in [6.45, 7) is 1.53. The van der Waals surface area contributed by atoms with E-state index in [1.807, 2.05) is 0 Å². The highest BCUT2D eigenvalue weighted by atomic mass is 32.2. The average Bonchev–Trinajstić information content (AvgIpc) is 2.87. The Morgan fingerprint density at radius 3 is 2.80 bits per heavy atom.